The minimum atomic E-state index is 0.197. The fourth-order valence-electron chi connectivity index (χ4n) is 0.403. The highest BCUT2D eigenvalue weighted by Crippen LogP contribution is 1.87. The molecule has 0 aromatic rings. The summed E-state index contributed by atoms with van der Waals surface area (Å²) in [5.41, 5.74) is 0. The molecule has 0 aromatic carbocycles. The van der Waals surface area contributed by atoms with Crippen molar-refractivity contribution in [3.8, 4) is 0 Å². The Morgan fingerprint density at radius 3 is 3.00 bits per heavy atom. The maximum absolute atomic E-state index is 8.58. The highest BCUT2D eigenvalue weighted by molar-refractivity contribution is 5.05. The molecule has 0 saturated carbocycles. The van der Waals surface area contributed by atoms with Gasteiger partial charge in [0.25, 0.3) is 0 Å². The van der Waals surface area contributed by atoms with E-state index in [1.54, 1.807) is 6.08 Å². The molecule has 0 unspecified atom stereocenters. The van der Waals surface area contributed by atoms with E-state index >= 15 is 0 Å². The Kier molecular flexibility index (Phi) is 1.02. The standard InChI is InChI=1S/C5H6NO/c7-5-3-1-2-4-6-5/h2-3,6-7H,4H2. The molecule has 0 bridgehead atoms. The number of nitrogens with one attached hydrogen (secondary N) is 1. The third-order valence-corrected chi connectivity index (χ3v) is 0.723. The van der Waals surface area contributed by atoms with Gasteiger partial charge >= 0.3 is 0 Å². The lowest BCUT2D eigenvalue weighted by molar-refractivity contribution is 0.368. The van der Waals surface area contributed by atoms with Crippen molar-refractivity contribution in [3.63, 3.8) is 0 Å². The molecule has 0 aromatic heterocycles. The van der Waals surface area contributed by atoms with E-state index in [1.807, 2.05) is 0 Å². The summed E-state index contributed by atoms with van der Waals surface area (Å²) in [6, 6.07) is 0. The van der Waals surface area contributed by atoms with Gasteiger partial charge in [0, 0.05) is 12.6 Å². The molecule has 1 radical (unpaired) electrons. The van der Waals surface area contributed by atoms with Crippen LogP contribution < -0.4 is 5.32 Å². The zero-order chi connectivity index (χ0) is 5.11. The van der Waals surface area contributed by atoms with Crippen LogP contribution in [0.4, 0.5) is 0 Å². The second-order valence-corrected chi connectivity index (χ2v) is 1.28. The second kappa shape index (κ2) is 1.69. The van der Waals surface area contributed by atoms with Crippen LogP contribution in [0.25, 0.3) is 0 Å². The summed E-state index contributed by atoms with van der Waals surface area (Å²) in [6.45, 7) is 0.683. The van der Waals surface area contributed by atoms with Gasteiger partial charge < -0.3 is 10.4 Å². The summed E-state index contributed by atoms with van der Waals surface area (Å²) < 4.78 is 0. The lowest BCUT2D eigenvalue weighted by Gasteiger charge is -2.01. The van der Waals surface area contributed by atoms with Crippen LogP contribution >= 0.6 is 0 Å². The zero-order valence-corrected chi connectivity index (χ0v) is 3.81. The Hall–Kier alpha value is -0.920. The Balaban J connectivity index is 2.57. The lowest BCUT2D eigenvalue weighted by atomic mass is 10.4. The van der Waals surface area contributed by atoms with Crippen LogP contribution in [0, 0.1) is 6.08 Å². The van der Waals surface area contributed by atoms with Crippen molar-refractivity contribution in [2.45, 2.75) is 0 Å². The number of hydrogen-bond acceptors (Lipinski definition) is 2. The Labute approximate surface area is 42.2 Å². The van der Waals surface area contributed by atoms with Gasteiger partial charge in [0.15, 0.2) is 5.88 Å². The van der Waals surface area contributed by atoms with Gasteiger partial charge in [0.1, 0.15) is 0 Å². The van der Waals surface area contributed by atoms with E-state index in [0.717, 1.165) is 0 Å². The second-order valence-electron chi connectivity index (χ2n) is 1.28. The molecule has 1 aliphatic heterocycles. The van der Waals surface area contributed by atoms with Gasteiger partial charge in [-0.15, -0.1) is 0 Å². The fourth-order valence-corrected chi connectivity index (χ4v) is 0.403. The van der Waals surface area contributed by atoms with E-state index in [0.29, 0.717) is 6.54 Å². The number of hydrogen-bond donors (Lipinski definition) is 2. The molecule has 0 aliphatic carbocycles. The van der Waals surface area contributed by atoms with Crippen molar-refractivity contribution in [1.82, 2.24) is 5.32 Å². The average Bonchev–Trinajstić information content (AvgIpc) is 1.69. The van der Waals surface area contributed by atoms with Gasteiger partial charge in [0.2, 0.25) is 0 Å². The largest absolute Gasteiger partial charge is 0.495 e. The molecule has 2 nitrogen and oxygen atoms in total. The minimum Gasteiger partial charge on any atom is -0.495 e. The summed E-state index contributed by atoms with van der Waals surface area (Å²) >= 11 is 0. The number of aliphatic hydroxyl groups is 1. The number of rotatable bonds is 0. The van der Waals surface area contributed by atoms with Crippen molar-refractivity contribution in [3.05, 3.63) is 24.1 Å². The molecule has 1 heterocycles. The first-order valence-electron chi connectivity index (χ1n) is 2.10. The monoisotopic (exact) mass is 96.0 g/mol. The third-order valence-electron chi connectivity index (χ3n) is 0.723. The molecule has 2 N–H and O–H groups in total. The molecule has 1 rings (SSSR count). The van der Waals surface area contributed by atoms with Crippen LogP contribution in [0.15, 0.2) is 18.0 Å². The molecule has 2 heteroatoms. The van der Waals surface area contributed by atoms with Crippen LogP contribution in [0.5, 0.6) is 0 Å². The van der Waals surface area contributed by atoms with Gasteiger partial charge in [0.05, 0.1) is 0 Å². The summed E-state index contributed by atoms with van der Waals surface area (Å²) in [5.74, 6) is 0.197. The highest BCUT2D eigenvalue weighted by Gasteiger charge is 1.88. The van der Waals surface area contributed by atoms with Crippen LogP contribution in [0.1, 0.15) is 0 Å². The molecule has 0 amide bonds. The summed E-state index contributed by atoms with van der Waals surface area (Å²) in [5, 5.41) is 11.3. The predicted octanol–water partition coefficient (Wildman–Crippen LogP) is 0.348. The topological polar surface area (TPSA) is 32.3 Å². The Bertz CT molecular complexity index is 115. The highest BCUT2D eigenvalue weighted by atomic mass is 16.3. The normalized spacial score (nSPS) is 18.0. The van der Waals surface area contributed by atoms with Crippen LogP contribution in [-0.4, -0.2) is 11.7 Å². The van der Waals surface area contributed by atoms with E-state index < -0.39 is 0 Å². The first kappa shape index (κ1) is 4.24. The summed E-state index contributed by atoms with van der Waals surface area (Å²) in [4.78, 5) is 0. The molecule has 0 saturated heterocycles. The van der Waals surface area contributed by atoms with Crippen molar-refractivity contribution in [1.29, 1.82) is 0 Å². The van der Waals surface area contributed by atoms with E-state index in [-0.39, 0.29) is 5.88 Å². The first-order chi connectivity index (χ1) is 3.39. The molecule has 7 heavy (non-hydrogen) atoms. The number of aliphatic hydroxyl groups excluding tert-OH is 1. The molecule has 0 spiro atoms. The predicted molar refractivity (Wildman–Crippen MR) is 26.5 cm³/mol. The summed E-state index contributed by atoms with van der Waals surface area (Å²) in [6.07, 6.45) is 6.03. The van der Waals surface area contributed by atoms with Crippen molar-refractivity contribution in [2.24, 2.45) is 0 Å². The smallest absolute Gasteiger partial charge is 0.184 e. The first-order valence-corrected chi connectivity index (χ1v) is 2.10. The van der Waals surface area contributed by atoms with E-state index in [1.165, 1.54) is 6.08 Å². The fraction of sp³-hybridized carbons (Fsp3) is 0.200. The molecule has 1 aliphatic rings. The SMILES string of the molecule is OC1=C[C]=CCN1. The Morgan fingerprint density at radius 1 is 1.86 bits per heavy atom. The van der Waals surface area contributed by atoms with Gasteiger partial charge in [-0.1, -0.05) is 6.08 Å². The van der Waals surface area contributed by atoms with E-state index in [2.05, 4.69) is 11.4 Å². The van der Waals surface area contributed by atoms with Gasteiger partial charge in [-0.05, 0) is 6.08 Å². The van der Waals surface area contributed by atoms with E-state index in [4.69, 9.17) is 5.11 Å². The number of allylic oxidation sites excluding steroid dienone is 2. The van der Waals surface area contributed by atoms with Gasteiger partial charge in [-0.3, -0.25) is 0 Å². The maximum atomic E-state index is 8.58. The van der Waals surface area contributed by atoms with E-state index in [9.17, 15) is 0 Å². The molecule has 37 valence electrons. The van der Waals surface area contributed by atoms with Crippen molar-refractivity contribution in [2.75, 3.05) is 6.54 Å². The maximum Gasteiger partial charge on any atom is 0.184 e. The van der Waals surface area contributed by atoms with Gasteiger partial charge in [-0.25, -0.2) is 0 Å². The van der Waals surface area contributed by atoms with Crippen LogP contribution in [0.2, 0.25) is 0 Å². The zero-order valence-electron chi connectivity index (χ0n) is 3.81. The van der Waals surface area contributed by atoms with Crippen molar-refractivity contribution >= 4 is 0 Å². The molecule has 0 atom stereocenters. The quantitative estimate of drug-likeness (QED) is 0.456. The van der Waals surface area contributed by atoms with Crippen molar-refractivity contribution < 1.29 is 5.11 Å². The van der Waals surface area contributed by atoms with Gasteiger partial charge in [-0.2, -0.15) is 0 Å². The lowest BCUT2D eigenvalue weighted by Crippen LogP contribution is -2.14. The van der Waals surface area contributed by atoms with Crippen LogP contribution in [0.3, 0.4) is 0 Å². The number of dihydropyridines is 1. The Morgan fingerprint density at radius 2 is 2.71 bits per heavy atom. The third kappa shape index (κ3) is 0.961. The minimum absolute atomic E-state index is 0.197. The molecular formula is C5H6NO. The molecule has 0 fully saturated rings. The van der Waals surface area contributed by atoms with Crippen LogP contribution in [-0.2, 0) is 0 Å². The summed E-state index contributed by atoms with van der Waals surface area (Å²) in [7, 11) is 0. The molecular weight excluding hydrogens is 90.1 g/mol. The average molecular weight is 96.1 g/mol.